The maximum Gasteiger partial charge on any atom is 0.226 e. The summed E-state index contributed by atoms with van der Waals surface area (Å²) in [6.45, 7) is 5.47. The monoisotopic (exact) mass is 550 g/mol. The van der Waals surface area contributed by atoms with E-state index in [9.17, 15) is 4.79 Å². The number of fused-ring (bicyclic) bond motifs is 1. The van der Waals surface area contributed by atoms with E-state index in [4.69, 9.17) is 14.5 Å². The zero-order valence-electron chi connectivity index (χ0n) is 18.4. The topological polar surface area (TPSA) is 75.2 Å². The number of piperidine rings is 1. The first-order chi connectivity index (χ1) is 15.2. The highest BCUT2D eigenvalue weighted by molar-refractivity contribution is 14.0. The number of carbonyl (C=O) groups excluding carboxylic acids is 1. The number of anilines is 2. The quantitative estimate of drug-likeness (QED) is 0.325. The van der Waals surface area contributed by atoms with Crippen molar-refractivity contribution < 1.29 is 14.3 Å². The zero-order valence-corrected chi connectivity index (χ0v) is 20.8. The van der Waals surface area contributed by atoms with Gasteiger partial charge in [0, 0.05) is 43.4 Å². The number of hydrogen-bond acceptors (Lipinski definition) is 4. The Morgan fingerprint density at radius 3 is 2.56 bits per heavy atom. The molecule has 2 aromatic carbocycles. The van der Waals surface area contributed by atoms with Crippen molar-refractivity contribution in [3.63, 3.8) is 0 Å². The Hall–Kier alpha value is -2.49. The Kier molecular flexibility index (Phi) is 9.01. The largest absolute Gasteiger partial charge is 0.490 e. The smallest absolute Gasteiger partial charge is 0.226 e. The summed E-state index contributed by atoms with van der Waals surface area (Å²) in [4.78, 5) is 18.7. The number of halogens is 1. The van der Waals surface area contributed by atoms with Crippen molar-refractivity contribution in [2.24, 2.45) is 4.99 Å². The summed E-state index contributed by atoms with van der Waals surface area (Å²) in [5.41, 5.74) is 2.95. The van der Waals surface area contributed by atoms with Gasteiger partial charge in [0.1, 0.15) is 0 Å². The predicted octanol–water partition coefficient (Wildman–Crippen LogP) is 4.56. The molecule has 2 N–H and O–H groups in total. The molecule has 0 aromatic heterocycles. The second-order valence-corrected chi connectivity index (χ2v) is 7.70. The number of carbonyl (C=O) groups is 1. The van der Waals surface area contributed by atoms with Crippen molar-refractivity contribution in [3.8, 4) is 11.5 Å². The Morgan fingerprint density at radius 1 is 1.03 bits per heavy atom. The maximum atomic E-state index is 12.1. The van der Waals surface area contributed by atoms with Gasteiger partial charge in [0.15, 0.2) is 17.5 Å². The third kappa shape index (κ3) is 6.27. The fourth-order valence-corrected chi connectivity index (χ4v) is 3.72. The Labute approximate surface area is 206 Å². The van der Waals surface area contributed by atoms with Gasteiger partial charge in [-0.05, 0) is 49.6 Å². The van der Waals surface area contributed by atoms with Gasteiger partial charge in [-0.15, -0.1) is 24.0 Å². The fourth-order valence-electron chi connectivity index (χ4n) is 3.72. The second-order valence-electron chi connectivity index (χ2n) is 7.70. The highest BCUT2D eigenvalue weighted by Crippen LogP contribution is 2.32. The molecule has 0 unspecified atom stereocenters. The average Bonchev–Trinajstić information content (AvgIpc) is 3.03. The van der Waals surface area contributed by atoms with Crippen LogP contribution in [0.25, 0.3) is 0 Å². The normalized spacial score (nSPS) is 16.1. The second kappa shape index (κ2) is 11.9. The molecule has 2 heterocycles. The lowest BCUT2D eigenvalue weighted by atomic mass is 10.1. The summed E-state index contributed by atoms with van der Waals surface area (Å²) < 4.78 is 11.5. The van der Waals surface area contributed by atoms with E-state index < -0.39 is 0 Å². The van der Waals surface area contributed by atoms with Crippen LogP contribution in [0, 0.1) is 0 Å². The van der Waals surface area contributed by atoms with Crippen molar-refractivity contribution in [1.82, 2.24) is 5.32 Å². The third-order valence-corrected chi connectivity index (χ3v) is 5.35. The zero-order chi connectivity index (χ0) is 21.5. The van der Waals surface area contributed by atoms with Crippen LogP contribution in [-0.2, 0) is 11.3 Å². The first-order valence-electron chi connectivity index (χ1n) is 11.1. The van der Waals surface area contributed by atoms with E-state index in [1.54, 1.807) is 0 Å². The molecule has 0 atom stereocenters. The Bertz CT molecular complexity index is 933. The van der Waals surface area contributed by atoms with Crippen LogP contribution in [-0.4, -0.2) is 38.2 Å². The Morgan fingerprint density at radius 2 is 1.81 bits per heavy atom. The number of aliphatic imine (C=N–C) groups is 1. The predicted molar refractivity (Wildman–Crippen MR) is 139 cm³/mol. The van der Waals surface area contributed by atoms with Crippen LogP contribution in [0.2, 0.25) is 0 Å². The SMILES string of the molecule is CCNC(=NCc1ccc(N2CCCCC2=O)cc1)Nc1ccc2c(c1)OCCCO2.I. The number of nitrogens with zero attached hydrogens (tertiary/aromatic N) is 2. The maximum absolute atomic E-state index is 12.1. The van der Waals surface area contributed by atoms with Gasteiger partial charge < -0.3 is 25.0 Å². The molecule has 2 aliphatic rings. The van der Waals surface area contributed by atoms with E-state index in [0.717, 1.165) is 60.8 Å². The van der Waals surface area contributed by atoms with Crippen LogP contribution in [0.3, 0.4) is 0 Å². The van der Waals surface area contributed by atoms with Gasteiger partial charge in [0.2, 0.25) is 5.91 Å². The molecule has 0 spiro atoms. The minimum absolute atomic E-state index is 0. The molecule has 7 nitrogen and oxygen atoms in total. The van der Waals surface area contributed by atoms with Gasteiger partial charge in [-0.3, -0.25) is 4.79 Å². The van der Waals surface area contributed by atoms with Gasteiger partial charge in [-0.2, -0.15) is 0 Å². The summed E-state index contributed by atoms with van der Waals surface area (Å²) >= 11 is 0. The molecule has 2 aliphatic heterocycles. The van der Waals surface area contributed by atoms with Crippen LogP contribution in [0.5, 0.6) is 11.5 Å². The van der Waals surface area contributed by atoms with Crippen molar-refractivity contribution in [2.75, 3.05) is 36.5 Å². The molecule has 32 heavy (non-hydrogen) atoms. The lowest BCUT2D eigenvalue weighted by molar-refractivity contribution is -0.119. The molecule has 172 valence electrons. The first-order valence-corrected chi connectivity index (χ1v) is 11.1. The summed E-state index contributed by atoms with van der Waals surface area (Å²) in [6, 6.07) is 13.9. The van der Waals surface area contributed by atoms with Crippen molar-refractivity contribution >= 4 is 47.2 Å². The van der Waals surface area contributed by atoms with Gasteiger partial charge in [-0.1, -0.05) is 12.1 Å². The van der Waals surface area contributed by atoms with Crippen LogP contribution >= 0.6 is 24.0 Å². The lowest BCUT2D eigenvalue weighted by Gasteiger charge is -2.26. The van der Waals surface area contributed by atoms with Crippen molar-refractivity contribution in [1.29, 1.82) is 0 Å². The molecule has 0 saturated carbocycles. The Balaban J connectivity index is 0.00000289. The molecule has 4 rings (SSSR count). The molecule has 0 radical (unpaired) electrons. The van der Waals surface area contributed by atoms with E-state index in [1.807, 2.05) is 54.3 Å². The van der Waals surface area contributed by atoms with Gasteiger partial charge in [0.05, 0.1) is 19.8 Å². The lowest BCUT2D eigenvalue weighted by Crippen LogP contribution is -2.35. The number of nitrogens with one attached hydrogen (secondary N) is 2. The molecule has 1 amide bonds. The molecule has 0 aliphatic carbocycles. The standard InChI is InChI=1S/C24H30N4O3.HI/c1-2-25-24(27-19-9-12-21-22(16-19)31-15-5-14-30-21)26-17-18-7-10-20(11-8-18)28-13-4-3-6-23(28)29;/h7-12,16H,2-6,13-15,17H2,1H3,(H2,25,26,27);1H. The molecule has 1 saturated heterocycles. The molecular weight excluding hydrogens is 519 g/mol. The van der Waals surface area contributed by atoms with E-state index in [1.165, 1.54) is 0 Å². The van der Waals surface area contributed by atoms with Crippen molar-refractivity contribution in [3.05, 3.63) is 48.0 Å². The number of guanidine groups is 1. The molecule has 8 heteroatoms. The number of hydrogen-bond donors (Lipinski definition) is 2. The third-order valence-electron chi connectivity index (χ3n) is 5.35. The minimum atomic E-state index is 0. The van der Waals surface area contributed by atoms with Crippen LogP contribution in [0.4, 0.5) is 11.4 Å². The van der Waals surface area contributed by atoms with Crippen molar-refractivity contribution in [2.45, 2.75) is 39.2 Å². The van der Waals surface area contributed by atoms with Crippen LogP contribution in [0.1, 0.15) is 38.2 Å². The highest BCUT2D eigenvalue weighted by atomic mass is 127. The van der Waals surface area contributed by atoms with Crippen LogP contribution < -0.4 is 25.0 Å². The molecule has 1 fully saturated rings. The average molecular weight is 550 g/mol. The van der Waals surface area contributed by atoms with E-state index in [-0.39, 0.29) is 29.9 Å². The summed E-state index contributed by atoms with van der Waals surface area (Å²) in [6.07, 6.45) is 3.58. The number of amides is 1. The highest BCUT2D eigenvalue weighted by Gasteiger charge is 2.19. The molecule has 0 bridgehead atoms. The van der Waals surface area contributed by atoms with E-state index in [0.29, 0.717) is 32.1 Å². The van der Waals surface area contributed by atoms with Gasteiger partial charge in [-0.25, -0.2) is 4.99 Å². The number of benzene rings is 2. The van der Waals surface area contributed by atoms with Gasteiger partial charge in [0.25, 0.3) is 0 Å². The fraction of sp³-hybridized carbons (Fsp3) is 0.417. The molecular formula is C24H31IN4O3. The molecule has 2 aromatic rings. The summed E-state index contributed by atoms with van der Waals surface area (Å²) in [5.74, 6) is 2.44. The first kappa shape index (κ1) is 24.2. The van der Waals surface area contributed by atoms with E-state index >= 15 is 0 Å². The number of rotatable bonds is 5. The summed E-state index contributed by atoms with van der Waals surface area (Å²) in [5, 5.41) is 6.62. The summed E-state index contributed by atoms with van der Waals surface area (Å²) in [7, 11) is 0. The minimum Gasteiger partial charge on any atom is -0.490 e. The van der Waals surface area contributed by atoms with Gasteiger partial charge >= 0.3 is 0 Å². The van der Waals surface area contributed by atoms with E-state index in [2.05, 4.69) is 10.6 Å². The number of ether oxygens (including phenoxy) is 2. The van der Waals surface area contributed by atoms with Crippen LogP contribution in [0.15, 0.2) is 47.5 Å².